The van der Waals surface area contributed by atoms with Crippen LogP contribution < -0.4 is 4.74 Å². The molecule has 1 heterocycles. The van der Waals surface area contributed by atoms with Gasteiger partial charge in [0, 0.05) is 35.2 Å². The Bertz CT molecular complexity index is 1840. The van der Waals surface area contributed by atoms with Gasteiger partial charge in [0.2, 0.25) is 0 Å². The monoisotopic (exact) mass is 642 g/mol. The molecule has 5 aromatic rings. The van der Waals surface area contributed by atoms with Gasteiger partial charge in [-0.25, -0.2) is 36.3 Å². The van der Waals surface area contributed by atoms with Crippen LogP contribution in [0.5, 0.6) is 5.75 Å². The van der Waals surface area contributed by atoms with E-state index in [0.29, 0.717) is 6.07 Å². The van der Waals surface area contributed by atoms with Crippen molar-refractivity contribution in [2.45, 2.75) is 45.4 Å². The van der Waals surface area contributed by atoms with Crippen molar-refractivity contribution in [1.82, 2.24) is 9.97 Å². The Balaban J connectivity index is 1.32. The summed E-state index contributed by atoms with van der Waals surface area (Å²) in [6.07, 6.45) is 2.91. The number of ether oxygens (including phenoxy) is 1. The Hall–Kier alpha value is -4.80. The number of benzene rings is 4. The third-order valence-electron chi connectivity index (χ3n) is 7.37. The van der Waals surface area contributed by atoms with Crippen molar-refractivity contribution in [3.05, 3.63) is 125 Å². The first kappa shape index (κ1) is 32.6. The average Bonchev–Trinajstić information content (AvgIpc) is 3.01. The molecule has 0 aliphatic rings. The average molecular weight is 643 g/mol. The lowest BCUT2D eigenvalue weighted by Crippen LogP contribution is -2.23. The lowest BCUT2D eigenvalue weighted by molar-refractivity contribution is -0.187. The van der Waals surface area contributed by atoms with E-state index in [1.54, 1.807) is 12.4 Å². The molecular formula is C35H26F8N2O. The fourth-order valence-electron chi connectivity index (χ4n) is 4.90. The smallest absolute Gasteiger partial charge is 0.429 e. The molecule has 0 saturated carbocycles. The lowest BCUT2D eigenvalue weighted by atomic mass is 9.98. The molecule has 0 atom stereocenters. The van der Waals surface area contributed by atoms with E-state index < -0.39 is 58.7 Å². The first-order chi connectivity index (χ1) is 22.0. The van der Waals surface area contributed by atoms with Gasteiger partial charge in [0.05, 0.1) is 11.1 Å². The highest BCUT2D eigenvalue weighted by molar-refractivity contribution is 5.72. The molecule has 0 spiro atoms. The molecule has 11 heteroatoms. The van der Waals surface area contributed by atoms with Crippen LogP contribution in [-0.4, -0.2) is 9.97 Å². The van der Waals surface area contributed by atoms with Gasteiger partial charge in [-0.05, 0) is 72.0 Å². The summed E-state index contributed by atoms with van der Waals surface area (Å²) in [6, 6.07) is 10.5. The van der Waals surface area contributed by atoms with E-state index in [4.69, 9.17) is 0 Å². The summed E-state index contributed by atoms with van der Waals surface area (Å²) in [4.78, 5) is 8.41. The number of halogens is 8. The van der Waals surface area contributed by atoms with Gasteiger partial charge in [0.1, 0.15) is 41.5 Å². The fraction of sp³-hybridized carbons (Fsp3) is 0.200. The van der Waals surface area contributed by atoms with Crippen LogP contribution in [0.25, 0.3) is 33.6 Å². The Morgan fingerprint density at radius 1 is 0.652 bits per heavy atom. The van der Waals surface area contributed by atoms with Crippen molar-refractivity contribution in [3.8, 4) is 39.4 Å². The van der Waals surface area contributed by atoms with Gasteiger partial charge in [-0.2, -0.15) is 8.78 Å². The molecule has 0 radical (unpaired) electrons. The van der Waals surface area contributed by atoms with Crippen LogP contribution in [0.3, 0.4) is 0 Å². The number of hydrogen-bond acceptors (Lipinski definition) is 3. The zero-order valence-corrected chi connectivity index (χ0v) is 24.4. The van der Waals surface area contributed by atoms with Crippen LogP contribution in [0.15, 0.2) is 79.1 Å². The SMILES string of the molecule is CCCCCc1cnc(-c2ccc(C(F)(F)Oc3ccc(-c4ccc(-c5cc(F)c(CF)c(F)c5)c(F)c4)c(F)c3)c(F)c2)nc1. The molecular weight excluding hydrogens is 616 g/mol. The number of unbranched alkanes of at least 4 members (excludes halogenated alkanes) is 2. The van der Waals surface area contributed by atoms with Crippen molar-refractivity contribution in [3.63, 3.8) is 0 Å². The summed E-state index contributed by atoms with van der Waals surface area (Å²) < 4.78 is 120. The van der Waals surface area contributed by atoms with Crippen LogP contribution >= 0.6 is 0 Å². The van der Waals surface area contributed by atoms with Crippen molar-refractivity contribution in [2.75, 3.05) is 0 Å². The third kappa shape index (κ3) is 7.03. The first-order valence-electron chi connectivity index (χ1n) is 14.3. The largest absolute Gasteiger partial charge is 0.429 e. The second-order valence-corrected chi connectivity index (χ2v) is 10.6. The molecule has 1 aromatic heterocycles. The maximum absolute atomic E-state index is 15.0. The van der Waals surface area contributed by atoms with Crippen molar-refractivity contribution in [2.24, 2.45) is 0 Å². The Morgan fingerprint density at radius 2 is 1.24 bits per heavy atom. The predicted octanol–water partition coefficient (Wildman–Crippen LogP) is 10.5. The predicted molar refractivity (Wildman–Crippen MR) is 157 cm³/mol. The Kier molecular flexibility index (Phi) is 9.69. The molecule has 0 N–H and O–H groups in total. The van der Waals surface area contributed by atoms with E-state index >= 15 is 13.2 Å². The molecule has 0 amide bonds. The Morgan fingerprint density at radius 3 is 1.85 bits per heavy atom. The number of aryl methyl sites for hydroxylation is 1. The minimum Gasteiger partial charge on any atom is -0.429 e. The fourth-order valence-corrected chi connectivity index (χ4v) is 4.90. The first-order valence-corrected chi connectivity index (χ1v) is 14.3. The maximum atomic E-state index is 15.0. The summed E-state index contributed by atoms with van der Waals surface area (Å²) in [5.41, 5.74) is -1.44. The maximum Gasteiger partial charge on any atom is 0.429 e. The van der Waals surface area contributed by atoms with E-state index in [-0.39, 0.29) is 33.6 Å². The van der Waals surface area contributed by atoms with Gasteiger partial charge in [-0.3, -0.25) is 0 Å². The Labute approximate surface area is 259 Å². The zero-order chi connectivity index (χ0) is 33.0. The van der Waals surface area contributed by atoms with Gasteiger partial charge in [0.15, 0.2) is 5.82 Å². The van der Waals surface area contributed by atoms with E-state index in [0.717, 1.165) is 79.8 Å². The van der Waals surface area contributed by atoms with Gasteiger partial charge < -0.3 is 4.74 Å². The quantitative estimate of drug-likeness (QED) is 0.106. The topological polar surface area (TPSA) is 35.0 Å². The lowest BCUT2D eigenvalue weighted by Gasteiger charge is -2.19. The van der Waals surface area contributed by atoms with Crippen molar-refractivity contribution < 1.29 is 39.9 Å². The molecule has 0 saturated heterocycles. The van der Waals surface area contributed by atoms with Gasteiger partial charge in [-0.1, -0.05) is 38.0 Å². The summed E-state index contributed by atoms with van der Waals surface area (Å²) in [5.74, 6) is -6.17. The molecule has 46 heavy (non-hydrogen) atoms. The molecule has 0 fully saturated rings. The molecule has 5 rings (SSSR count). The minimum absolute atomic E-state index is 0.0174. The normalized spacial score (nSPS) is 11.6. The summed E-state index contributed by atoms with van der Waals surface area (Å²) >= 11 is 0. The number of aromatic nitrogens is 2. The van der Waals surface area contributed by atoms with E-state index in [1.165, 1.54) is 12.1 Å². The summed E-state index contributed by atoms with van der Waals surface area (Å²) in [5, 5.41) is 0. The van der Waals surface area contributed by atoms with E-state index in [9.17, 15) is 22.0 Å². The van der Waals surface area contributed by atoms with Crippen LogP contribution in [-0.2, 0) is 19.2 Å². The molecule has 238 valence electrons. The highest BCUT2D eigenvalue weighted by Gasteiger charge is 2.38. The summed E-state index contributed by atoms with van der Waals surface area (Å²) in [6.45, 7) is 0.707. The van der Waals surface area contributed by atoms with E-state index in [2.05, 4.69) is 21.6 Å². The highest BCUT2D eigenvalue weighted by Crippen LogP contribution is 2.37. The summed E-state index contributed by atoms with van der Waals surface area (Å²) in [7, 11) is 0. The molecule has 0 unspecified atom stereocenters. The van der Waals surface area contributed by atoms with Gasteiger partial charge in [-0.15, -0.1) is 0 Å². The van der Waals surface area contributed by atoms with Gasteiger partial charge in [0.25, 0.3) is 0 Å². The van der Waals surface area contributed by atoms with Crippen molar-refractivity contribution >= 4 is 0 Å². The van der Waals surface area contributed by atoms with Crippen LogP contribution in [0.4, 0.5) is 35.1 Å². The minimum atomic E-state index is -4.20. The second-order valence-electron chi connectivity index (χ2n) is 10.6. The van der Waals surface area contributed by atoms with E-state index in [1.807, 2.05) is 0 Å². The van der Waals surface area contributed by atoms with Crippen molar-refractivity contribution in [1.29, 1.82) is 0 Å². The van der Waals surface area contributed by atoms with Crippen LogP contribution in [0, 0.1) is 29.1 Å². The highest BCUT2D eigenvalue weighted by atomic mass is 19.3. The van der Waals surface area contributed by atoms with Gasteiger partial charge >= 0.3 is 6.11 Å². The van der Waals surface area contributed by atoms with Crippen LogP contribution in [0.2, 0.25) is 0 Å². The molecule has 0 aliphatic heterocycles. The number of nitrogens with zero attached hydrogens (tertiary/aromatic N) is 2. The molecule has 3 nitrogen and oxygen atoms in total. The molecule has 4 aromatic carbocycles. The zero-order valence-electron chi connectivity index (χ0n) is 24.4. The second kappa shape index (κ2) is 13.7. The third-order valence-corrected chi connectivity index (χ3v) is 7.37. The van der Waals surface area contributed by atoms with Crippen LogP contribution in [0.1, 0.15) is 42.9 Å². The molecule has 0 bridgehead atoms. The number of hydrogen-bond donors (Lipinski definition) is 0. The number of rotatable bonds is 11. The number of alkyl halides is 3. The standard InChI is InChI=1S/C35H26F8N2O/c1-2-3-4-5-20-18-44-34(45-19-20)22-7-11-28(33(41)13-22)35(42,43)46-24-8-10-25(32(40)16-24)21-6-9-26(29(37)12-21)23-14-30(38)27(17-36)31(39)15-23/h6-16,18-19H,2-5,17H2,1H3. The molecule has 0 aliphatic carbocycles.